The highest BCUT2D eigenvalue weighted by atomic mass is 79.9. The number of halogens is 1. The van der Waals surface area contributed by atoms with Crippen molar-refractivity contribution in [2.24, 2.45) is 0 Å². The minimum absolute atomic E-state index is 0.0646. The fraction of sp³-hybridized carbons (Fsp3) is 0.286. The third kappa shape index (κ3) is 3.26. The van der Waals surface area contributed by atoms with Crippen LogP contribution >= 0.6 is 15.9 Å². The first-order chi connectivity index (χ1) is 9.51. The zero-order valence-electron chi connectivity index (χ0n) is 11.4. The molecule has 0 aliphatic rings. The molecule has 2 N–H and O–H groups in total. The maximum atomic E-state index is 12.0. The predicted octanol–water partition coefficient (Wildman–Crippen LogP) is 2.39. The molecule has 0 spiro atoms. The van der Waals surface area contributed by atoms with Crippen LogP contribution in [-0.4, -0.2) is 20.8 Å². The molecule has 1 amide bonds. The molecular weight excluding hydrogens is 322 g/mol. The van der Waals surface area contributed by atoms with Crippen molar-refractivity contribution in [1.82, 2.24) is 9.78 Å². The number of nitrogens with one attached hydrogen (secondary N) is 1. The molecule has 6 heteroatoms. The quantitative estimate of drug-likeness (QED) is 0.900. The zero-order chi connectivity index (χ0) is 14.7. The molecule has 0 unspecified atom stereocenters. The van der Waals surface area contributed by atoms with Gasteiger partial charge in [0.25, 0.3) is 0 Å². The average molecular weight is 338 g/mol. The Morgan fingerprint density at radius 2 is 2.20 bits per heavy atom. The number of anilines is 1. The standard InChI is InChI=1S/C14H16BrN3O2/c1-9-13(8-19)10(2)18(17-9)7-14(20)16-12-5-3-4-11(15)6-12/h3-6,19H,7-8H2,1-2H3,(H,16,20). The van der Waals surface area contributed by atoms with Crippen LogP contribution in [0.25, 0.3) is 0 Å². The summed E-state index contributed by atoms with van der Waals surface area (Å²) < 4.78 is 2.51. The first kappa shape index (κ1) is 14.7. The van der Waals surface area contributed by atoms with Crippen molar-refractivity contribution < 1.29 is 9.90 Å². The Bertz CT molecular complexity index is 637. The number of nitrogens with zero attached hydrogens (tertiary/aromatic N) is 2. The molecule has 2 aromatic rings. The van der Waals surface area contributed by atoms with Crippen molar-refractivity contribution in [3.63, 3.8) is 0 Å². The van der Waals surface area contributed by atoms with Gasteiger partial charge in [0, 0.05) is 21.4 Å². The summed E-state index contributed by atoms with van der Waals surface area (Å²) in [5.41, 5.74) is 3.07. The first-order valence-corrected chi connectivity index (χ1v) is 6.99. The lowest BCUT2D eigenvalue weighted by atomic mass is 10.2. The number of amides is 1. The van der Waals surface area contributed by atoms with Gasteiger partial charge in [-0.15, -0.1) is 0 Å². The van der Waals surface area contributed by atoms with Crippen LogP contribution in [0, 0.1) is 13.8 Å². The lowest BCUT2D eigenvalue weighted by Gasteiger charge is -2.07. The smallest absolute Gasteiger partial charge is 0.246 e. The molecule has 5 nitrogen and oxygen atoms in total. The Balaban J connectivity index is 2.09. The second kappa shape index (κ2) is 6.19. The summed E-state index contributed by atoms with van der Waals surface area (Å²) in [4.78, 5) is 12.0. The van der Waals surface area contributed by atoms with Crippen molar-refractivity contribution in [3.05, 3.63) is 45.7 Å². The molecule has 0 aliphatic heterocycles. The summed E-state index contributed by atoms with van der Waals surface area (Å²) in [6.45, 7) is 3.73. The maximum absolute atomic E-state index is 12.0. The molecule has 1 aromatic heterocycles. The second-order valence-electron chi connectivity index (χ2n) is 4.52. The van der Waals surface area contributed by atoms with Gasteiger partial charge in [0.15, 0.2) is 0 Å². The van der Waals surface area contributed by atoms with Gasteiger partial charge < -0.3 is 10.4 Å². The Morgan fingerprint density at radius 1 is 1.45 bits per heavy atom. The van der Waals surface area contributed by atoms with E-state index in [2.05, 4.69) is 26.3 Å². The minimum atomic E-state index is -0.154. The molecule has 1 aromatic carbocycles. The number of rotatable bonds is 4. The predicted molar refractivity (Wildman–Crippen MR) is 80.4 cm³/mol. The number of hydrogen-bond donors (Lipinski definition) is 2. The van der Waals surface area contributed by atoms with Gasteiger partial charge in [-0.3, -0.25) is 9.48 Å². The highest BCUT2D eigenvalue weighted by Crippen LogP contribution is 2.16. The van der Waals surface area contributed by atoms with Crippen LogP contribution in [0.1, 0.15) is 17.0 Å². The first-order valence-electron chi connectivity index (χ1n) is 6.20. The third-order valence-electron chi connectivity index (χ3n) is 3.09. The number of carbonyl (C=O) groups excluding carboxylic acids is 1. The van der Waals surface area contributed by atoms with E-state index in [1.165, 1.54) is 0 Å². The maximum Gasteiger partial charge on any atom is 0.246 e. The van der Waals surface area contributed by atoms with Crippen molar-refractivity contribution in [1.29, 1.82) is 0 Å². The summed E-state index contributed by atoms with van der Waals surface area (Å²) in [5, 5.41) is 16.3. The number of aliphatic hydroxyl groups is 1. The molecule has 20 heavy (non-hydrogen) atoms. The van der Waals surface area contributed by atoms with E-state index in [0.29, 0.717) is 0 Å². The third-order valence-corrected chi connectivity index (χ3v) is 3.58. The van der Waals surface area contributed by atoms with Gasteiger partial charge in [0.2, 0.25) is 5.91 Å². The van der Waals surface area contributed by atoms with Crippen LogP contribution in [0.15, 0.2) is 28.7 Å². The number of aryl methyl sites for hydroxylation is 1. The lowest BCUT2D eigenvalue weighted by molar-refractivity contribution is -0.116. The zero-order valence-corrected chi connectivity index (χ0v) is 12.9. The van der Waals surface area contributed by atoms with Gasteiger partial charge >= 0.3 is 0 Å². The number of aliphatic hydroxyl groups excluding tert-OH is 1. The van der Waals surface area contributed by atoms with Crippen molar-refractivity contribution in [2.45, 2.75) is 27.0 Å². The average Bonchev–Trinajstić information content (AvgIpc) is 2.63. The molecule has 0 radical (unpaired) electrons. The highest BCUT2D eigenvalue weighted by Gasteiger charge is 2.13. The number of hydrogen-bond acceptors (Lipinski definition) is 3. The van der Waals surface area contributed by atoms with Crippen LogP contribution in [0.5, 0.6) is 0 Å². The molecule has 0 saturated carbocycles. The summed E-state index contributed by atoms with van der Waals surface area (Å²) in [7, 11) is 0. The molecule has 0 saturated heterocycles. The summed E-state index contributed by atoms with van der Waals surface area (Å²) in [6, 6.07) is 7.40. The van der Waals surface area contributed by atoms with Crippen LogP contribution in [-0.2, 0) is 17.9 Å². The van der Waals surface area contributed by atoms with E-state index in [-0.39, 0.29) is 19.1 Å². The highest BCUT2D eigenvalue weighted by molar-refractivity contribution is 9.10. The second-order valence-corrected chi connectivity index (χ2v) is 5.44. The van der Waals surface area contributed by atoms with Crippen molar-refractivity contribution >= 4 is 27.5 Å². The number of carbonyl (C=O) groups is 1. The Kier molecular flexibility index (Phi) is 4.57. The lowest BCUT2D eigenvalue weighted by Crippen LogP contribution is -2.20. The Morgan fingerprint density at radius 3 is 2.80 bits per heavy atom. The van der Waals surface area contributed by atoms with E-state index in [9.17, 15) is 9.90 Å². The van der Waals surface area contributed by atoms with E-state index >= 15 is 0 Å². The van der Waals surface area contributed by atoms with Gasteiger partial charge in [-0.2, -0.15) is 5.10 Å². The van der Waals surface area contributed by atoms with E-state index in [1.807, 2.05) is 38.1 Å². The van der Waals surface area contributed by atoms with E-state index in [0.717, 1.165) is 27.1 Å². The van der Waals surface area contributed by atoms with Crippen LogP contribution < -0.4 is 5.32 Å². The topological polar surface area (TPSA) is 67.2 Å². The molecule has 2 rings (SSSR count). The van der Waals surface area contributed by atoms with Gasteiger partial charge in [-0.05, 0) is 32.0 Å². The molecule has 0 fully saturated rings. The SMILES string of the molecule is Cc1nn(CC(=O)Nc2cccc(Br)c2)c(C)c1CO. The van der Waals surface area contributed by atoms with Crippen molar-refractivity contribution in [2.75, 3.05) is 5.32 Å². The molecule has 0 aliphatic carbocycles. The number of aromatic nitrogens is 2. The fourth-order valence-electron chi connectivity index (χ4n) is 2.02. The van der Waals surface area contributed by atoms with Crippen LogP contribution in [0.3, 0.4) is 0 Å². The Hall–Kier alpha value is -1.66. The van der Waals surface area contributed by atoms with Crippen molar-refractivity contribution in [3.8, 4) is 0 Å². The molecule has 1 heterocycles. The molecule has 0 atom stereocenters. The largest absolute Gasteiger partial charge is 0.392 e. The normalized spacial score (nSPS) is 10.6. The van der Waals surface area contributed by atoms with Gasteiger partial charge in [-0.1, -0.05) is 22.0 Å². The van der Waals surface area contributed by atoms with E-state index in [1.54, 1.807) is 4.68 Å². The Labute approximate surface area is 125 Å². The molecule has 0 bridgehead atoms. The minimum Gasteiger partial charge on any atom is -0.392 e. The van der Waals surface area contributed by atoms with E-state index < -0.39 is 0 Å². The molecule has 106 valence electrons. The van der Waals surface area contributed by atoms with Gasteiger partial charge in [0.05, 0.1) is 12.3 Å². The molecular formula is C14H16BrN3O2. The van der Waals surface area contributed by atoms with Gasteiger partial charge in [-0.25, -0.2) is 0 Å². The number of benzene rings is 1. The summed E-state index contributed by atoms with van der Waals surface area (Å²) in [6.07, 6.45) is 0. The summed E-state index contributed by atoms with van der Waals surface area (Å²) in [5.74, 6) is -0.154. The summed E-state index contributed by atoms with van der Waals surface area (Å²) >= 11 is 3.36. The monoisotopic (exact) mass is 337 g/mol. The fourth-order valence-corrected chi connectivity index (χ4v) is 2.42. The van der Waals surface area contributed by atoms with Crippen LogP contribution in [0.2, 0.25) is 0 Å². The van der Waals surface area contributed by atoms with Crippen LogP contribution in [0.4, 0.5) is 5.69 Å². The van der Waals surface area contributed by atoms with E-state index in [4.69, 9.17) is 0 Å². The van der Waals surface area contributed by atoms with Gasteiger partial charge in [0.1, 0.15) is 6.54 Å².